The topological polar surface area (TPSA) is 23.0 Å². The molecule has 220 valence electrons. The number of hydrogen-bond acceptors (Lipinski definition) is 1. The standard InChI is InChI=1S/C44H28N2O/c1-3-12-32(13-4-1)45-39-20-9-7-16-35(39)36-19-11-18-34(42(36)45)30-24-22-29(23-25-30)31-26-27-41-38(28-31)43-44(47-41)37-17-8-10-21-40(37)46(43)33-14-5-2-6-15-33/h1-28H. The second-order valence-corrected chi connectivity index (χ2v) is 12.1. The zero-order chi connectivity index (χ0) is 30.9. The number of rotatable bonds is 4. The van der Waals surface area contributed by atoms with Gasteiger partial charge in [-0.05, 0) is 71.3 Å². The second kappa shape index (κ2) is 10.1. The maximum absolute atomic E-state index is 6.53. The predicted molar refractivity (Wildman–Crippen MR) is 196 cm³/mol. The lowest BCUT2D eigenvalue weighted by Gasteiger charge is -2.12. The van der Waals surface area contributed by atoms with Gasteiger partial charge >= 0.3 is 0 Å². The number of hydrogen-bond donors (Lipinski definition) is 0. The molecule has 10 aromatic rings. The lowest BCUT2D eigenvalue weighted by atomic mass is 9.98. The molecule has 0 spiro atoms. The SMILES string of the molecule is c1ccc(-n2c3ccccc3c3cccc(-c4ccc(-c5ccc6oc7c8ccccc8n(-c8ccccc8)c7c6c5)cc4)c32)cc1. The van der Waals surface area contributed by atoms with Crippen molar-refractivity contribution in [1.82, 2.24) is 9.13 Å². The van der Waals surface area contributed by atoms with Gasteiger partial charge in [0.05, 0.1) is 16.6 Å². The third-order valence-corrected chi connectivity index (χ3v) is 9.53. The molecule has 0 saturated carbocycles. The van der Waals surface area contributed by atoms with Crippen LogP contribution in [0.15, 0.2) is 174 Å². The molecule has 47 heavy (non-hydrogen) atoms. The molecule has 0 amide bonds. The maximum atomic E-state index is 6.53. The van der Waals surface area contributed by atoms with E-state index in [0.717, 1.165) is 49.9 Å². The molecule has 0 aliphatic carbocycles. The van der Waals surface area contributed by atoms with Crippen LogP contribution >= 0.6 is 0 Å². The quantitative estimate of drug-likeness (QED) is 0.197. The van der Waals surface area contributed by atoms with E-state index in [1.807, 2.05) is 0 Å². The van der Waals surface area contributed by atoms with Crippen LogP contribution in [-0.2, 0) is 0 Å². The first kappa shape index (κ1) is 26.0. The van der Waals surface area contributed by atoms with Crippen LogP contribution in [-0.4, -0.2) is 9.13 Å². The van der Waals surface area contributed by atoms with E-state index >= 15 is 0 Å². The zero-order valence-electron chi connectivity index (χ0n) is 25.5. The minimum absolute atomic E-state index is 0.895. The molecule has 0 N–H and O–H groups in total. The van der Waals surface area contributed by atoms with E-state index in [1.165, 1.54) is 38.5 Å². The highest BCUT2D eigenvalue weighted by molar-refractivity contribution is 6.17. The van der Waals surface area contributed by atoms with Crippen LogP contribution in [0.25, 0.3) is 88.4 Å². The molecule has 0 saturated heterocycles. The molecule has 0 aliphatic rings. The normalized spacial score (nSPS) is 11.8. The number of nitrogens with zero attached hydrogens (tertiary/aromatic N) is 2. The van der Waals surface area contributed by atoms with E-state index in [1.54, 1.807) is 0 Å². The summed E-state index contributed by atoms with van der Waals surface area (Å²) in [5.74, 6) is 0. The molecule has 0 radical (unpaired) electrons. The summed E-state index contributed by atoms with van der Waals surface area (Å²) >= 11 is 0. The Balaban J connectivity index is 1.13. The van der Waals surface area contributed by atoms with E-state index in [0.29, 0.717) is 0 Å². The Morgan fingerprint density at radius 3 is 1.64 bits per heavy atom. The summed E-state index contributed by atoms with van der Waals surface area (Å²) in [5, 5.41) is 4.75. The van der Waals surface area contributed by atoms with E-state index in [4.69, 9.17) is 4.42 Å². The average molecular weight is 601 g/mol. The van der Waals surface area contributed by atoms with E-state index < -0.39 is 0 Å². The number of para-hydroxylation sites is 5. The second-order valence-electron chi connectivity index (χ2n) is 12.1. The highest BCUT2D eigenvalue weighted by Crippen LogP contribution is 2.41. The molecule has 3 heterocycles. The van der Waals surface area contributed by atoms with Crippen molar-refractivity contribution in [2.75, 3.05) is 0 Å². The minimum atomic E-state index is 0.895. The molecule has 0 fully saturated rings. The summed E-state index contributed by atoms with van der Waals surface area (Å²) in [6, 6.07) is 60.6. The van der Waals surface area contributed by atoms with E-state index in [2.05, 4.69) is 179 Å². The predicted octanol–water partition coefficient (Wildman–Crippen LogP) is 12.0. The van der Waals surface area contributed by atoms with Crippen molar-refractivity contribution in [2.45, 2.75) is 0 Å². The Morgan fingerprint density at radius 1 is 0.362 bits per heavy atom. The summed E-state index contributed by atoms with van der Waals surface area (Å²) < 4.78 is 11.3. The lowest BCUT2D eigenvalue weighted by Crippen LogP contribution is -1.95. The summed E-state index contributed by atoms with van der Waals surface area (Å²) in [5.41, 5.74) is 13.5. The Kier molecular flexibility index (Phi) is 5.57. The van der Waals surface area contributed by atoms with Gasteiger partial charge in [0.25, 0.3) is 0 Å². The number of fused-ring (bicyclic) bond motifs is 8. The highest BCUT2D eigenvalue weighted by atomic mass is 16.3. The van der Waals surface area contributed by atoms with Crippen LogP contribution < -0.4 is 0 Å². The van der Waals surface area contributed by atoms with Crippen LogP contribution in [0.3, 0.4) is 0 Å². The van der Waals surface area contributed by atoms with Gasteiger partial charge in [0.1, 0.15) is 11.1 Å². The number of aromatic nitrogens is 2. The fourth-order valence-corrected chi connectivity index (χ4v) is 7.43. The molecule has 0 unspecified atom stereocenters. The van der Waals surface area contributed by atoms with Gasteiger partial charge in [0, 0.05) is 38.5 Å². The van der Waals surface area contributed by atoms with Crippen molar-refractivity contribution in [3.05, 3.63) is 170 Å². The van der Waals surface area contributed by atoms with Crippen molar-refractivity contribution in [3.63, 3.8) is 0 Å². The van der Waals surface area contributed by atoms with Crippen LogP contribution in [0, 0.1) is 0 Å². The molecule has 10 rings (SSSR count). The molecule has 3 heteroatoms. The molecule has 0 bridgehead atoms. The van der Waals surface area contributed by atoms with Gasteiger partial charge in [0.2, 0.25) is 0 Å². The van der Waals surface area contributed by atoms with E-state index in [9.17, 15) is 0 Å². The van der Waals surface area contributed by atoms with Gasteiger partial charge in [-0.2, -0.15) is 0 Å². The molecule has 0 atom stereocenters. The van der Waals surface area contributed by atoms with Crippen LogP contribution in [0.4, 0.5) is 0 Å². The first-order valence-electron chi connectivity index (χ1n) is 16.0. The Morgan fingerprint density at radius 2 is 0.915 bits per heavy atom. The number of furan rings is 1. The third-order valence-electron chi connectivity index (χ3n) is 9.53. The van der Waals surface area contributed by atoms with Crippen molar-refractivity contribution in [3.8, 4) is 33.6 Å². The molecular formula is C44H28N2O. The smallest absolute Gasteiger partial charge is 0.161 e. The maximum Gasteiger partial charge on any atom is 0.161 e. The van der Waals surface area contributed by atoms with Gasteiger partial charge in [-0.1, -0.05) is 115 Å². The fourth-order valence-electron chi connectivity index (χ4n) is 7.43. The van der Waals surface area contributed by atoms with Crippen molar-refractivity contribution < 1.29 is 4.42 Å². The van der Waals surface area contributed by atoms with E-state index in [-0.39, 0.29) is 0 Å². The molecule has 0 aliphatic heterocycles. The van der Waals surface area contributed by atoms with Gasteiger partial charge in [0.15, 0.2) is 5.58 Å². The van der Waals surface area contributed by atoms with Gasteiger partial charge in [-0.15, -0.1) is 0 Å². The first-order valence-corrected chi connectivity index (χ1v) is 16.0. The van der Waals surface area contributed by atoms with Crippen LogP contribution in [0.1, 0.15) is 0 Å². The first-order chi connectivity index (χ1) is 23.3. The summed E-state index contributed by atoms with van der Waals surface area (Å²) in [7, 11) is 0. The van der Waals surface area contributed by atoms with Gasteiger partial charge in [-0.25, -0.2) is 0 Å². The molecule has 3 nitrogen and oxygen atoms in total. The van der Waals surface area contributed by atoms with Crippen LogP contribution in [0.2, 0.25) is 0 Å². The molecule has 3 aromatic heterocycles. The lowest BCUT2D eigenvalue weighted by molar-refractivity contribution is 0.673. The van der Waals surface area contributed by atoms with Gasteiger partial charge in [-0.3, -0.25) is 0 Å². The highest BCUT2D eigenvalue weighted by Gasteiger charge is 2.20. The number of benzene rings is 7. The largest absolute Gasteiger partial charge is 0.454 e. The monoisotopic (exact) mass is 600 g/mol. The van der Waals surface area contributed by atoms with Crippen molar-refractivity contribution >= 4 is 54.8 Å². The summed E-state index contributed by atoms with van der Waals surface area (Å²) in [4.78, 5) is 0. The Labute approximate surface area is 271 Å². The van der Waals surface area contributed by atoms with Gasteiger partial charge < -0.3 is 13.6 Å². The van der Waals surface area contributed by atoms with Crippen LogP contribution in [0.5, 0.6) is 0 Å². The summed E-state index contributed by atoms with van der Waals surface area (Å²) in [6.45, 7) is 0. The Bertz CT molecular complexity index is 2760. The minimum Gasteiger partial charge on any atom is -0.454 e. The Hall–Kier alpha value is -6.32. The average Bonchev–Trinajstić information content (AvgIpc) is 3.79. The molecule has 7 aromatic carbocycles. The molecular weight excluding hydrogens is 572 g/mol. The third kappa shape index (κ3) is 3.87. The fraction of sp³-hybridized carbons (Fsp3) is 0. The van der Waals surface area contributed by atoms with Crippen molar-refractivity contribution in [2.24, 2.45) is 0 Å². The zero-order valence-corrected chi connectivity index (χ0v) is 25.5. The van der Waals surface area contributed by atoms with Crippen molar-refractivity contribution in [1.29, 1.82) is 0 Å². The summed E-state index contributed by atoms with van der Waals surface area (Å²) in [6.07, 6.45) is 0.